The number of rotatable bonds is 5. The molecule has 37 heavy (non-hydrogen) atoms. The summed E-state index contributed by atoms with van der Waals surface area (Å²) >= 11 is 6.08. The smallest absolute Gasteiger partial charge is 0.414 e. The minimum absolute atomic E-state index is 0.171. The highest BCUT2D eigenvalue weighted by atomic mass is 35.5. The van der Waals surface area contributed by atoms with Crippen LogP contribution in [0.15, 0.2) is 36.7 Å². The van der Waals surface area contributed by atoms with Gasteiger partial charge in [0.15, 0.2) is 0 Å². The Labute approximate surface area is 219 Å². The summed E-state index contributed by atoms with van der Waals surface area (Å²) in [6, 6.07) is 9.04. The molecule has 0 saturated heterocycles. The molecule has 2 N–H and O–H groups in total. The van der Waals surface area contributed by atoms with Gasteiger partial charge in [0, 0.05) is 29.9 Å². The van der Waals surface area contributed by atoms with E-state index in [9.17, 15) is 15.2 Å². The predicted octanol–water partition coefficient (Wildman–Crippen LogP) is 4.82. The molecule has 0 bridgehead atoms. The van der Waals surface area contributed by atoms with Gasteiger partial charge >= 0.3 is 6.09 Å². The van der Waals surface area contributed by atoms with Gasteiger partial charge in [-0.05, 0) is 50.6 Å². The number of aliphatic hydroxyl groups is 1. The summed E-state index contributed by atoms with van der Waals surface area (Å²) in [4.78, 5) is 27.4. The van der Waals surface area contributed by atoms with Crippen molar-refractivity contribution in [3.63, 3.8) is 0 Å². The van der Waals surface area contributed by atoms with Gasteiger partial charge in [-0.1, -0.05) is 18.5 Å². The number of nitrogens with zero attached hydrogens (tertiary/aromatic N) is 5. The Morgan fingerprint density at radius 3 is 2.73 bits per heavy atom. The first-order chi connectivity index (χ1) is 17.5. The summed E-state index contributed by atoms with van der Waals surface area (Å²) in [6.07, 6.45) is 2.47. The van der Waals surface area contributed by atoms with Crippen LogP contribution in [0.5, 0.6) is 5.88 Å². The lowest BCUT2D eigenvalue weighted by molar-refractivity contribution is 0.0575. The van der Waals surface area contributed by atoms with E-state index in [2.05, 4.69) is 26.3 Å². The number of aliphatic hydroxyl groups excluding tert-OH is 1. The number of carbonyl (C=O) groups excluding carboxylic acids is 1. The Morgan fingerprint density at radius 2 is 2.08 bits per heavy atom. The van der Waals surface area contributed by atoms with Crippen LogP contribution in [0, 0.1) is 11.3 Å². The quantitative estimate of drug-likeness (QED) is 0.483. The van der Waals surface area contributed by atoms with Gasteiger partial charge in [0.05, 0.1) is 35.7 Å². The molecule has 10 nitrogen and oxygen atoms in total. The van der Waals surface area contributed by atoms with Crippen LogP contribution in [0.3, 0.4) is 0 Å². The van der Waals surface area contributed by atoms with Crippen molar-refractivity contribution in [1.82, 2.24) is 15.0 Å². The summed E-state index contributed by atoms with van der Waals surface area (Å²) in [5.74, 6) is 0.586. The van der Waals surface area contributed by atoms with Crippen molar-refractivity contribution in [3.8, 4) is 23.2 Å². The first-order valence-corrected chi connectivity index (χ1v) is 11.9. The second-order valence-electron chi connectivity index (χ2n) is 9.92. The minimum atomic E-state index is -0.804. The van der Waals surface area contributed by atoms with E-state index in [1.54, 1.807) is 45.2 Å². The third-order valence-electron chi connectivity index (χ3n) is 5.83. The van der Waals surface area contributed by atoms with Crippen LogP contribution < -0.4 is 15.0 Å². The minimum Gasteiger partial charge on any atom is -0.480 e. The molecule has 1 aliphatic heterocycles. The van der Waals surface area contributed by atoms with Gasteiger partial charge in [0.1, 0.15) is 17.4 Å². The van der Waals surface area contributed by atoms with Crippen molar-refractivity contribution in [2.24, 2.45) is 0 Å². The lowest BCUT2D eigenvalue weighted by Crippen LogP contribution is -2.40. The Morgan fingerprint density at radius 1 is 1.32 bits per heavy atom. The lowest BCUT2D eigenvalue weighted by atomic mass is 9.83. The highest BCUT2D eigenvalue weighted by Crippen LogP contribution is 2.45. The standard InChI is InChI=1S/C26H27ClN6O4/c1-25(2,3)37-24(35)33-13-26(4,14-34)18-9-15(8-16(11-28)21(18)33)19-6-7-29-23(31-19)32-20-10-17(27)12-30-22(20)36-5/h6-10,12,34H,13-14H2,1-5H3,(H,29,31,32)/t26-/m0/s1. The highest BCUT2D eigenvalue weighted by molar-refractivity contribution is 6.30. The van der Waals surface area contributed by atoms with Gasteiger partial charge in [-0.25, -0.2) is 19.7 Å². The van der Waals surface area contributed by atoms with Gasteiger partial charge in [-0.3, -0.25) is 4.90 Å². The maximum absolute atomic E-state index is 13.0. The maximum Gasteiger partial charge on any atom is 0.414 e. The van der Waals surface area contributed by atoms with Gasteiger partial charge in [-0.2, -0.15) is 5.26 Å². The molecule has 1 aromatic carbocycles. The van der Waals surface area contributed by atoms with Crippen molar-refractivity contribution >= 4 is 35.0 Å². The molecule has 0 unspecified atom stereocenters. The largest absolute Gasteiger partial charge is 0.480 e. The van der Waals surface area contributed by atoms with Gasteiger partial charge < -0.3 is 19.9 Å². The Balaban J connectivity index is 1.77. The average molecular weight is 523 g/mol. The molecular weight excluding hydrogens is 496 g/mol. The molecule has 0 spiro atoms. The molecule has 0 radical (unpaired) electrons. The molecule has 3 heterocycles. The SMILES string of the molecule is COc1ncc(Cl)cc1Nc1nccc(-c2cc(C#N)c3c(c2)[C@](C)(CO)CN3C(=O)OC(C)(C)C)n1. The zero-order valence-corrected chi connectivity index (χ0v) is 21.9. The van der Waals surface area contributed by atoms with E-state index < -0.39 is 17.1 Å². The molecule has 2 aromatic heterocycles. The van der Waals surface area contributed by atoms with E-state index in [0.717, 1.165) is 0 Å². The fraction of sp³-hybridized carbons (Fsp3) is 0.346. The van der Waals surface area contributed by atoms with Crippen LogP contribution in [-0.4, -0.2) is 52.0 Å². The number of nitriles is 1. The number of benzene rings is 1. The molecule has 0 saturated carbocycles. The van der Waals surface area contributed by atoms with Crippen molar-refractivity contribution in [2.75, 3.05) is 30.5 Å². The predicted molar refractivity (Wildman–Crippen MR) is 139 cm³/mol. The topological polar surface area (TPSA) is 133 Å². The first kappa shape index (κ1) is 26.1. The zero-order valence-electron chi connectivity index (χ0n) is 21.2. The van der Waals surface area contributed by atoms with Crippen molar-refractivity contribution in [1.29, 1.82) is 5.26 Å². The number of hydrogen-bond acceptors (Lipinski definition) is 9. The van der Waals surface area contributed by atoms with E-state index in [-0.39, 0.29) is 24.7 Å². The number of pyridine rings is 1. The number of carbonyl (C=O) groups is 1. The normalized spacial score (nSPS) is 16.6. The molecule has 1 aliphatic rings. The van der Waals surface area contributed by atoms with Crippen LogP contribution in [0.25, 0.3) is 11.3 Å². The van der Waals surface area contributed by atoms with Crippen molar-refractivity contribution in [3.05, 3.63) is 52.8 Å². The molecule has 1 atom stereocenters. The maximum atomic E-state index is 13.0. The molecule has 4 rings (SSSR count). The Hall–Kier alpha value is -3.94. The number of anilines is 3. The summed E-state index contributed by atoms with van der Waals surface area (Å²) in [5, 5.41) is 23.8. The number of methoxy groups -OCH3 is 1. The first-order valence-electron chi connectivity index (χ1n) is 11.5. The molecule has 1 amide bonds. The van der Waals surface area contributed by atoms with Crippen LogP contribution in [0.2, 0.25) is 5.02 Å². The Kier molecular flexibility index (Phi) is 6.95. The summed E-state index contributed by atoms with van der Waals surface area (Å²) in [5.41, 5.74) is 1.48. The second-order valence-corrected chi connectivity index (χ2v) is 10.4. The summed E-state index contributed by atoms with van der Waals surface area (Å²) < 4.78 is 10.8. The molecule has 11 heteroatoms. The van der Waals surface area contributed by atoms with E-state index in [1.807, 2.05) is 13.0 Å². The van der Waals surface area contributed by atoms with Gasteiger partial charge in [0.2, 0.25) is 11.8 Å². The molecule has 192 valence electrons. The summed E-state index contributed by atoms with van der Waals surface area (Å²) in [7, 11) is 1.49. The number of fused-ring (bicyclic) bond motifs is 1. The fourth-order valence-corrected chi connectivity index (χ4v) is 4.28. The average Bonchev–Trinajstić information content (AvgIpc) is 3.16. The second kappa shape index (κ2) is 9.84. The fourth-order valence-electron chi connectivity index (χ4n) is 4.12. The third kappa shape index (κ3) is 5.28. The van der Waals surface area contributed by atoms with Crippen LogP contribution in [0.1, 0.15) is 38.8 Å². The van der Waals surface area contributed by atoms with E-state index >= 15 is 0 Å². The number of hydrogen-bond donors (Lipinski definition) is 2. The number of nitrogens with one attached hydrogen (secondary N) is 1. The summed E-state index contributed by atoms with van der Waals surface area (Å²) in [6.45, 7) is 7.11. The van der Waals surface area contributed by atoms with Crippen molar-refractivity contribution in [2.45, 2.75) is 38.7 Å². The van der Waals surface area contributed by atoms with E-state index in [1.165, 1.54) is 18.2 Å². The molecule has 0 fully saturated rings. The van der Waals surface area contributed by atoms with E-state index in [0.29, 0.717) is 39.1 Å². The highest BCUT2D eigenvalue weighted by Gasteiger charge is 2.44. The number of amides is 1. The third-order valence-corrected chi connectivity index (χ3v) is 6.04. The Bertz CT molecular complexity index is 1400. The van der Waals surface area contributed by atoms with Crippen LogP contribution in [0.4, 0.5) is 22.1 Å². The monoisotopic (exact) mass is 522 g/mol. The number of ether oxygens (including phenoxy) is 2. The lowest BCUT2D eigenvalue weighted by Gasteiger charge is -2.26. The molecule has 3 aromatic rings. The van der Waals surface area contributed by atoms with Gasteiger partial charge in [-0.15, -0.1) is 0 Å². The molecule has 0 aliphatic carbocycles. The van der Waals surface area contributed by atoms with E-state index in [4.69, 9.17) is 21.1 Å². The number of halogens is 1. The van der Waals surface area contributed by atoms with Crippen molar-refractivity contribution < 1.29 is 19.4 Å². The number of aromatic nitrogens is 3. The molecular formula is C26H27ClN6O4. The van der Waals surface area contributed by atoms with Crippen LogP contribution >= 0.6 is 11.6 Å². The zero-order chi connectivity index (χ0) is 27.0. The van der Waals surface area contributed by atoms with Crippen LogP contribution in [-0.2, 0) is 10.2 Å². The van der Waals surface area contributed by atoms with Gasteiger partial charge in [0.25, 0.3) is 0 Å².